The first kappa shape index (κ1) is 20.0. The third-order valence-electron chi connectivity index (χ3n) is 5.64. The van der Waals surface area contributed by atoms with Crippen molar-refractivity contribution in [3.8, 4) is 11.4 Å². The van der Waals surface area contributed by atoms with Crippen molar-refractivity contribution < 1.29 is 9.18 Å². The van der Waals surface area contributed by atoms with E-state index in [9.17, 15) is 9.18 Å². The van der Waals surface area contributed by atoms with Gasteiger partial charge in [0.05, 0.1) is 11.4 Å². The van der Waals surface area contributed by atoms with Gasteiger partial charge < -0.3 is 10.2 Å². The van der Waals surface area contributed by atoms with Gasteiger partial charge in [-0.25, -0.2) is 18.7 Å². The van der Waals surface area contributed by atoms with E-state index in [1.165, 1.54) is 40.6 Å². The molecule has 9 nitrogen and oxygen atoms in total. The van der Waals surface area contributed by atoms with E-state index in [1.807, 2.05) is 12.1 Å². The monoisotopic (exact) mass is 432 g/mol. The summed E-state index contributed by atoms with van der Waals surface area (Å²) in [6.45, 7) is 3.64. The molecule has 0 saturated carbocycles. The average molecular weight is 432 g/mol. The second-order valence-corrected chi connectivity index (χ2v) is 7.80. The molecule has 0 spiro atoms. The van der Waals surface area contributed by atoms with Gasteiger partial charge in [-0.15, -0.1) is 5.10 Å². The summed E-state index contributed by atoms with van der Waals surface area (Å²) in [6, 6.07) is 10.5. The second-order valence-electron chi connectivity index (χ2n) is 7.80. The smallest absolute Gasteiger partial charge is 0.278 e. The third-order valence-corrected chi connectivity index (χ3v) is 5.64. The van der Waals surface area contributed by atoms with Crippen LogP contribution in [0.25, 0.3) is 11.4 Å². The zero-order valence-corrected chi connectivity index (χ0v) is 17.7. The Bertz CT molecular complexity index is 1300. The minimum absolute atomic E-state index is 0.191. The van der Waals surface area contributed by atoms with Gasteiger partial charge in [-0.3, -0.25) is 4.79 Å². The quantitative estimate of drug-likeness (QED) is 0.533. The topological polar surface area (TPSA) is 93.8 Å². The molecule has 0 bridgehead atoms. The van der Waals surface area contributed by atoms with Gasteiger partial charge in [0.1, 0.15) is 18.3 Å². The minimum atomic E-state index is -0.533. The van der Waals surface area contributed by atoms with E-state index in [1.54, 1.807) is 17.7 Å². The van der Waals surface area contributed by atoms with Crippen LogP contribution in [0.2, 0.25) is 0 Å². The summed E-state index contributed by atoms with van der Waals surface area (Å²) in [7, 11) is 2.10. The summed E-state index contributed by atoms with van der Waals surface area (Å²) in [5.74, 6) is -0.985. The highest BCUT2D eigenvalue weighted by Gasteiger charge is 2.22. The van der Waals surface area contributed by atoms with Gasteiger partial charge >= 0.3 is 0 Å². The molecule has 1 amide bonds. The highest BCUT2D eigenvalue weighted by molar-refractivity contribution is 6.03. The van der Waals surface area contributed by atoms with E-state index in [4.69, 9.17) is 0 Å². The zero-order valence-electron chi connectivity index (χ0n) is 17.7. The Morgan fingerprint density at radius 3 is 2.84 bits per heavy atom. The van der Waals surface area contributed by atoms with Crippen LogP contribution in [0.15, 0.2) is 49.1 Å². The average Bonchev–Trinajstić information content (AvgIpc) is 3.43. The molecule has 0 aliphatic carbocycles. The van der Waals surface area contributed by atoms with E-state index in [0.717, 1.165) is 25.2 Å². The number of benzene rings is 2. The van der Waals surface area contributed by atoms with Crippen LogP contribution in [-0.4, -0.2) is 54.2 Å². The molecule has 0 unspecified atom stereocenters. The summed E-state index contributed by atoms with van der Waals surface area (Å²) in [6.07, 6.45) is 3.63. The van der Waals surface area contributed by atoms with Crippen molar-refractivity contribution >= 4 is 11.6 Å². The molecule has 1 aliphatic heterocycles. The van der Waals surface area contributed by atoms with E-state index < -0.39 is 11.7 Å². The van der Waals surface area contributed by atoms with Crippen molar-refractivity contribution in [3.63, 3.8) is 0 Å². The first-order valence-corrected chi connectivity index (χ1v) is 10.2. The first-order chi connectivity index (χ1) is 15.5. The number of carbonyl (C=O) groups excluding carboxylic acids is 1. The molecule has 162 valence electrons. The number of carbonyl (C=O) groups is 1. The van der Waals surface area contributed by atoms with Gasteiger partial charge in [0.25, 0.3) is 5.91 Å². The fourth-order valence-electron chi connectivity index (χ4n) is 3.99. The van der Waals surface area contributed by atoms with Crippen LogP contribution >= 0.6 is 0 Å². The van der Waals surface area contributed by atoms with Gasteiger partial charge in [-0.2, -0.15) is 5.10 Å². The molecule has 0 fully saturated rings. The third kappa shape index (κ3) is 3.54. The molecular formula is C22H21FN8O. The van der Waals surface area contributed by atoms with Crippen LogP contribution < -0.4 is 5.32 Å². The van der Waals surface area contributed by atoms with Crippen molar-refractivity contribution in [1.82, 2.24) is 34.7 Å². The molecule has 3 heterocycles. The maximum atomic E-state index is 14.5. The fourth-order valence-corrected chi connectivity index (χ4v) is 3.99. The van der Waals surface area contributed by atoms with Crippen LogP contribution in [0, 0.1) is 12.7 Å². The lowest BCUT2D eigenvalue weighted by Crippen LogP contribution is -2.27. The number of aromatic nitrogens is 6. The van der Waals surface area contributed by atoms with Crippen LogP contribution in [0.1, 0.15) is 27.3 Å². The van der Waals surface area contributed by atoms with E-state index in [2.05, 4.69) is 43.7 Å². The molecule has 5 rings (SSSR count). The molecule has 10 heteroatoms. The molecule has 1 N–H and O–H groups in total. The molecule has 2 aromatic carbocycles. The molecule has 0 saturated heterocycles. The number of amides is 1. The Kier molecular flexibility index (Phi) is 4.98. The standard InChI is InChI=1S/C22H21FN8O/c1-14-21(22(32)26-16-6-7-20(18(23)10-16)30-13-24-12-25-30)27-28-31(14)19-5-3-4-15-11-29(2)9-8-17(15)19/h3-7,10,12-13H,8-9,11H2,1-2H3,(H,26,32). The van der Waals surface area contributed by atoms with Crippen molar-refractivity contribution in [2.75, 3.05) is 18.9 Å². The van der Waals surface area contributed by atoms with Gasteiger partial charge in [0, 0.05) is 18.8 Å². The second kappa shape index (κ2) is 7.97. The van der Waals surface area contributed by atoms with E-state index >= 15 is 0 Å². The van der Waals surface area contributed by atoms with Gasteiger partial charge in [0.15, 0.2) is 11.5 Å². The van der Waals surface area contributed by atoms with Crippen molar-refractivity contribution in [3.05, 3.63) is 77.4 Å². The van der Waals surface area contributed by atoms with Gasteiger partial charge in [-0.1, -0.05) is 17.3 Å². The predicted molar refractivity (Wildman–Crippen MR) is 115 cm³/mol. The summed E-state index contributed by atoms with van der Waals surface area (Å²) in [4.78, 5) is 18.9. The SMILES string of the molecule is Cc1c(C(=O)Nc2ccc(-n3cncn3)c(F)c2)nnn1-c1cccc2c1CCN(C)C2. The number of hydrogen-bond donors (Lipinski definition) is 1. The lowest BCUT2D eigenvalue weighted by molar-refractivity contribution is 0.102. The van der Waals surface area contributed by atoms with Crippen molar-refractivity contribution in [2.24, 2.45) is 0 Å². The Hall–Kier alpha value is -3.92. The maximum Gasteiger partial charge on any atom is 0.278 e. The first-order valence-electron chi connectivity index (χ1n) is 10.2. The summed E-state index contributed by atoms with van der Waals surface area (Å²) >= 11 is 0. The highest BCUT2D eigenvalue weighted by atomic mass is 19.1. The van der Waals surface area contributed by atoms with E-state index in [0.29, 0.717) is 11.4 Å². The molecular weight excluding hydrogens is 411 g/mol. The molecule has 1 aliphatic rings. The number of nitrogens with one attached hydrogen (secondary N) is 1. The largest absolute Gasteiger partial charge is 0.320 e. The maximum absolute atomic E-state index is 14.5. The normalized spacial score (nSPS) is 13.7. The summed E-state index contributed by atoms with van der Waals surface area (Å²) in [5.41, 5.74) is 4.76. The van der Waals surface area contributed by atoms with Crippen molar-refractivity contribution in [2.45, 2.75) is 19.9 Å². The zero-order chi connectivity index (χ0) is 22.2. The number of likely N-dealkylation sites (N-methyl/N-ethyl adjacent to an activating group) is 1. The van der Waals surface area contributed by atoms with Crippen molar-refractivity contribution in [1.29, 1.82) is 0 Å². The number of fused-ring (bicyclic) bond motifs is 1. The number of nitrogens with zero attached hydrogens (tertiary/aromatic N) is 7. The molecule has 0 atom stereocenters. The Morgan fingerprint density at radius 2 is 2.06 bits per heavy atom. The molecule has 32 heavy (non-hydrogen) atoms. The molecule has 4 aromatic rings. The van der Waals surface area contributed by atoms with E-state index in [-0.39, 0.29) is 11.4 Å². The minimum Gasteiger partial charge on any atom is -0.320 e. The summed E-state index contributed by atoms with van der Waals surface area (Å²) < 4.78 is 17.5. The predicted octanol–water partition coefficient (Wildman–Crippen LogP) is 2.54. The molecule has 2 aromatic heterocycles. The Balaban J connectivity index is 1.40. The number of halogens is 1. The Morgan fingerprint density at radius 1 is 1.19 bits per heavy atom. The lowest BCUT2D eigenvalue weighted by Gasteiger charge is -2.26. The fraction of sp³-hybridized carbons (Fsp3) is 0.227. The number of hydrogen-bond acceptors (Lipinski definition) is 6. The van der Waals surface area contributed by atoms with Gasteiger partial charge in [0.2, 0.25) is 0 Å². The lowest BCUT2D eigenvalue weighted by atomic mass is 9.98. The van der Waals surface area contributed by atoms with Crippen LogP contribution in [-0.2, 0) is 13.0 Å². The summed E-state index contributed by atoms with van der Waals surface area (Å²) in [5, 5.41) is 15.0. The van der Waals surface area contributed by atoms with Crippen LogP contribution in [0.3, 0.4) is 0 Å². The van der Waals surface area contributed by atoms with Crippen LogP contribution in [0.5, 0.6) is 0 Å². The molecule has 0 radical (unpaired) electrons. The number of anilines is 1. The Labute approximate surface area is 183 Å². The van der Waals surface area contributed by atoms with Gasteiger partial charge in [-0.05, 0) is 55.8 Å². The highest BCUT2D eigenvalue weighted by Crippen LogP contribution is 2.26. The van der Waals surface area contributed by atoms with Crippen LogP contribution in [0.4, 0.5) is 10.1 Å². The number of rotatable bonds is 4.